The maximum atomic E-state index is 13.3. The monoisotopic (exact) mass is 396 g/mol. The predicted octanol–water partition coefficient (Wildman–Crippen LogP) is 6.09. The van der Waals surface area contributed by atoms with Crippen LogP contribution in [0.1, 0.15) is 27.0 Å². The summed E-state index contributed by atoms with van der Waals surface area (Å²) in [7, 11) is 1.62. The molecule has 0 bridgehead atoms. The zero-order valence-corrected chi connectivity index (χ0v) is 17.6. The number of carbonyl (C=O) groups excluding carboxylic acids is 1. The van der Waals surface area contributed by atoms with Crippen LogP contribution in [0.15, 0.2) is 66.7 Å². The van der Waals surface area contributed by atoms with Gasteiger partial charge in [-0.3, -0.25) is 4.79 Å². The molecule has 4 rings (SSSR count). The minimum absolute atomic E-state index is 0.161. The van der Waals surface area contributed by atoms with Crippen LogP contribution in [0.5, 0.6) is 5.75 Å². The number of nitrogens with zero attached hydrogens (tertiary/aromatic N) is 1. The van der Waals surface area contributed by atoms with Crippen LogP contribution in [0.4, 0.5) is 5.69 Å². The lowest BCUT2D eigenvalue weighted by molar-refractivity contribution is 0.102. The molecule has 1 N–H and O–H groups in total. The van der Waals surface area contributed by atoms with Gasteiger partial charge in [0.05, 0.1) is 23.9 Å². The average molecular weight is 396 g/mol. The second kappa shape index (κ2) is 7.99. The van der Waals surface area contributed by atoms with E-state index in [1.807, 2.05) is 62.4 Å². The first kappa shape index (κ1) is 19.6. The van der Waals surface area contributed by atoms with Crippen molar-refractivity contribution >= 4 is 22.5 Å². The van der Waals surface area contributed by atoms with Gasteiger partial charge >= 0.3 is 0 Å². The lowest BCUT2D eigenvalue weighted by Gasteiger charge is -2.13. The van der Waals surface area contributed by atoms with Gasteiger partial charge in [0, 0.05) is 16.6 Å². The number of rotatable bonds is 4. The van der Waals surface area contributed by atoms with Gasteiger partial charge < -0.3 is 10.1 Å². The first-order chi connectivity index (χ1) is 14.4. The highest BCUT2D eigenvalue weighted by Gasteiger charge is 2.16. The van der Waals surface area contributed by atoms with Gasteiger partial charge in [0.15, 0.2) is 0 Å². The lowest BCUT2D eigenvalue weighted by atomic mass is 9.99. The fraction of sp³-hybridized carbons (Fsp3) is 0.154. The number of hydrogen-bond acceptors (Lipinski definition) is 3. The molecule has 1 heterocycles. The molecule has 0 spiro atoms. The third kappa shape index (κ3) is 3.90. The summed E-state index contributed by atoms with van der Waals surface area (Å²) in [4.78, 5) is 18.2. The highest BCUT2D eigenvalue weighted by atomic mass is 16.5. The molecule has 1 amide bonds. The van der Waals surface area contributed by atoms with Gasteiger partial charge in [0.25, 0.3) is 5.91 Å². The summed E-state index contributed by atoms with van der Waals surface area (Å²) in [6, 6.07) is 21.5. The Morgan fingerprint density at radius 3 is 2.23 bits per heavy atom. The summed E-state index contributed by atoms with van der Waals surface area (Å²) < 4.78 is 5.19. The standard InChI is InChI=1S/C26H24N2O2/c1-16-5-7-19(8-6-16)24-15-23(22-14-17(2)13-18(3)25(22)28-24)26(29)27-20-9-11-21(30-4)12-10-20/h5-15H,1-4H3,(H,27,29). The predicted molar refractivity (Wildman–Crippen MR) is 122 cm³/mol. The van der Waals surface area contributed by atoms with Crippen molar-refractivity contribution in [3.8, 4) is 17.0 Å². The number of ether oxygens (including phenoxy) is 1. The number of carbonyl (C=O) groups is 1. The number of fused-ring (bicyclic) bond motifs is 1. The fourth-order valence-corrected chi connectivity index (χ4v) is 3.61. The lowest BCUT2D eigenvalue weighted by Crippen LogP contribution is -2.13. The molecule has 0 aliphatic rings. The van der Waals surface area contributed by atoms with Gasteiger partial charge in [-0.2, -0.15) is 0 Å². The summed E-state index contributed by atoms with van der Waals surface area (Å²) in [5.74, 6) is 0.584. The molecule has 1 aromatic heterocycles. The van der Waals surface area contributed by atoms with E-state index in [1.165, 1.54) is 5.56 Å². The van der Waals surface area contributed by atoms with Gasteiger partial charge in [-0.25, -0.2) is 4.98 Å². The number of hydrogen-bond donors (Lipinski definition) is 1. The number of anilines is 1. The average Bonchev–Trinajstić information content (AvgIpc) is 2.74. The van der Waals surface area contributed by atoms with Crippen molar-refractivity contribution in [1.82, 2.24) is 4.98 Å². The molecule has 0 aliphatic heterocycles. The summed E-state index contributed by atoms with van der Waals surface area (Å²) in [6.45, 7) is 6.12. The molecule has 0 fully saturated rings. The Balaban J connectivity index is 1.83. The van der Waals surface area contributed by atoms with Crippen molar-refractivity contribution in [2.75, 3.05) is 12.4 Å². The van der Waals surface area contributed by atoms with Gasteiger partial charge in [-0.05, 0) is 62.7 Å². The van der Waals surface area contributed by atoms with Crippen LogP contribution in [0.3, 0.4) is 0 Å². The third-order valence-electron chi connectivity index (χ3n) is 5.19. The maximum absolute atomic E-state index is 13.3. The van der Waals surface area contributed by atoms with Crippen LogP contribution in [-0.4, -0.2) is 18.0 Å². The molecule has 0 saturated heterocycles. The van der Waals surface area contributed by atoms with E-state index in [9.17, 15) is 4.79 Å². The van der Waals surface area contributed by atoms with E-state index in [1.54, 1.807) is 7.11 Å². The Labute approximate surface area is 176 Å². The zero-order chi connectivity index (χ0) is 21.3. The van der Waals surface area contributed by atoms with E-state index in [0.717, 1.165) is 39.0 Å². The molecule has 30 heavy (non-hydrogen) atoms. The molecule has 150 valence electrons. The molecule has 0 atom stereocenters. The first-order valence-electron chi connectivity index (χ1n) is 9.89. The molecule has 4 nitrogen and oxygen atoms in total. The number of aromatic nitrogens is 1. The number of pyridine rings is 1. The van der Waals surface area contributed by atoms with E-state index in [2.05, 4.69) is 30.4 Å². The molecule has 0 unspecified atom stereocenters. The number of amides is 1. The Morgan fingerprint density at radius 2 is 1.57 bits per heavy atom. The van der Waals surface area contributed by atoms with Gasteiger partial charge in [-0.15, -0.1) is 0 Å². The summed E-state index contributed by atoms with van der Waals surface area (Å²) in [6.07, 6.45) is 0. The molecule has 4 aromatic rings. The topological polar surface area (TPSA) is 51.2 Å². The van der Waals surface area contributed by atoms with Crippen molar-refractivity contribution in [1.29, 1.82) is 0 Å². The Kier molecular flexibility index (Phi) is 5.23. The van der Waals surface area contributed by atoms with Crippen molar-refractivity contribution in [2.45, 2.75) is 20.8 Å². The molecule has 0 saturated carbocycles. The molecular formula is C26H24N2O2. The van der Waals surface area contributed by atoms with E-state index >= 15 is 0 Å². The van der Waals surface area contributed by atoms with E-state index in [4.69, 9.17) is 9.72 Å². The maximum Gasteiger partial charge on any atom is 0.256 e. The van der Waals surface area contributed by atoms with Crippen LogP contribution >= 0.6 is 0 Å². The van der Waals surface area contributed by atoms with E-state index in [0.29, 0.717) is 11.3 Å². The van der Waals surface area contributed by atoms with Crippen molar-refractivity contribution < 1.29 is 9.53 Å². The molecule has 3 aromatic carbocycles. The Hall–Kier alpha value is -3.66. The number of aryl methyl sites for hydroxylation is 3. The zero-order valence-electron chi connectivity index (χ0n) is 17.6. The molecule has 0 aliphatic carbocycles. The van der Waals surface area contributed by atoms with Crippen LogP contribution in [0.2, 0.25) is 0 Å². The number of nitrogens with one attached hydrogen (secondary N) is 1. The van der Waals surface area contributed by atoms with Crippen molar-refractivity contribution in [3.05, 3.63) is 89.0 Å². The van der Waals surface area contributed by atoms with Crippen LogP contribution in [-0.2, 0) is 0 Å². The quantitative estimate of drug-likeness (QED) is 0.454. The minimum Gasteiger partial charge on any atom is -0.497 e. The summed E-state index contributed by atoms with van der Waals surface area (Å²) in [5.41, 5.74) is 7.28. The van der Waals surface area contributed by atoms with Gasteiger partial charge in [0.1, 0.15) is 5.75 Å². The smallest absolute Gasteiger partial charge is 0.256 e. The Bertz CT molecular complexity index is 1230. The summed E-state index contributed by atoms with van der Waals surface area (Å²) >= 11 is 0. The first-order valence-corrected chi connectivity index (χ1v) is 9.89. The van der Waals surface area contributed by atoms with E-state index in [-0.39, 0.29) is 5.91 Å². The second-order valence-corrected chi connectivity index (χ2v) is 7.58. The van der Waals surface area contributed by atoms with E-state index < -0.39 is 0 Å². The minimum atomic E-state index is -0.161. The normalized spacial score (nSPS) is 10.8. The van der Waals surface area contributed by atoms with Crippen LogP contribution in [0, 0.1) is 20.8 Å². The second-order valence-electron chi connectivity index (χ2n) is 7.58. The molecule has 4 heteroatoms. The fourth-order valence-electron chi connectivity index (χ4n) is 3.61. The van der Waals surface area contributed by atoms with Crippen LogP contribution < -0.4 is 10.1 Å². The van der Waals surface area contributed by atoms with Crippen molar-refractivity contribution in [3.63, 3.8) is 0 Å². The highest BCUT2D eigenvalue weighted by Crippen LogP contribution is 2.29. The molecular weight excluding hydrogens is 372 g/mol. The number of methoxy groups -OCH3 is 1. The van der Waals surface area contributed by atoms with Crippen LogP contribution in [0.25, 0.3) is 22.2 Å². The SMILES string of the molecule is COc1ccc(NC(=O)c2cc(-c3ccc(C)cc3)nc3c(C)cc(C)cc23)cc1. The van der Waals surface area contributed by atoms with Crippen molar-refractivity contribution in [2.24, 2.45) is 0 Å². The summed E-state index contributed by atoms with van der Waals surface area (Å²) in [5, 5.41) is 3.86. The number of benzene rings is 3. The highest BCUT2D eigenvalue weighted by molar-refractivity contribution is 6.13. The molecule has 0 radical (unpaired) electrons. The largest absolute Gasteiger partial charge is 0.497 e. The Morgan fingerprint density at radius 1 is 0.867 bits per heavy atom. The van der Waals surface area contributed by atoms with Gasteiger partial charge in [-0.1, -0.05) is 41.5 Å². The van der Waals surface area contributed by atoms with Gasteiger partial charge in [0.2, 0.25) is 0 Å². The third-order valence-corrected chi connectivity index (χ3v) is 5.19.